The minimum Gasteiger partial charge on any atom is -0.374 e. The Labute approximate surface area is 482 Å². The standard InChI is InChI=1S/C64H82N12O6/c1-43(68-49-19-7-4-8-20-49)59(77)74-55(25-13-16-40-65)62(80)71-52-34-28-46(29-35-52)58(47-30-36-53(37-31-47)72-63(81)56(26-14-17-41-66)75-60(78)44(2)69-50-21-9-5-10-22-50)48-32-38-54(39-33-48)73-64(82)57(27-15-18-42-67)76-61(79)45(3)70-51-23-11-6-12-24-51/h4-12,19-24,28-39,43-45,55-58,68-70H,13-18,25-27,40-42,65-67H2,1-3H3,(H,71,80)(H,72,81)(H,73,82)(H,74,77)(H,75,78)(H,76,79)/t43?,44?,45?,55-,56-,57-,58?/m0/s1. The van der Waals surface area contributed by atoms with E-state index in [1.165, 1.54) is 0 Å². The summed E-state index contributed by atoms with van der Waals surface area (Å²) in [6, 6.07) is 46.2. The summed E-state index contributed by atoms with van der Waals surface area (Å²) < 4.78 is 0. The fourth-order valence-corrected chi connectivity index (χ4v) is 9.27. The summed E-state index contributed by atoms with van der Waals surface area (Å²) in [5.74, 6) is -2.44. The van der Waals surface area contributed by atoms with Crippen molar-refractivity contribution in [3.63, 3.8) is 0 Å². The molecule has 6 amide bonds. The number of nitrogens with two attached hydrogens (primary N) is 3. The molecule has 0 heterocycles. The number of hydrogen-bond acceptors (Lipinski definition) is 12. The molecule has 6 aromatic carbocycles. The lowest BCUT2D eigenvalue weighted by Gasteiger charge is -2.23. The van der Waals surface area contributed by atoms with E-state index < -0.39 is 36.3 Å². The maximum Gasteiger partial charge on any atom is 0.246 e. The molecule has 0 aliphatic heterocycles. The van der Waals surface area contributed by atoms with E-state index in [0.717, 1.165) is 33.8 Å². The minimum atomic E-state index is -0.820. The van der Waals surface area contributed by atoms with Gasteiger partial charge in [-0.2, -0.15) is 0 Å². The van der Waals surface area contributed by atoms with Gasteiger partial charge in [0.05, 0.1) is 0 Å². The van der Waals surface area contributed by atoms with E-state index in [1.807, 2.05) is 164 Å². The number of carbonyl (C=O) groups excluding carboxylic acids is 6. The predicted molar refractivity (Wildman–Crippen MR) is 329 cm³/mol. The molecule has 0 saturated heterocycles. The predicted octanol–water partition coefficient (Wildman–Crippen LogP) is 8.03. The normalized spacial score (nSPS) is 13.5. The summed E-state index contributed by atoms with van der Waals surface area (Å²) in [6.45, 7) is 6.60. The van der Waals surface area contributed by atoms with E-state index in [1.54, 1.807) is 20.8 Å². The number of anilines is 6. The lowest BCUT2D eigenvalue weighted by atomic mass is 9.85. The highest BCUT2D eigenvalue weighted by molar-refractivity contribution is 6.00. The van der Waals surface area contributed by atoms with Crippen LogP contribution >= 0.6 is 0 Å². The topological polar surface area (TPSA) is 289 Å². The summed E-state index contributed by atoms with van der Waals surface area (Å²) in [6.07, 6.45) is 5.16. The van der Waals surface area contributed by atoms with Crippen molar-refractivity contribution < 1.29 is 28.8 Å². The molecule has 0 aromatic heterocycles. The first kappa shape index (κ1) is 62.6. The Morgan fingerprint density at radius 1 is 0.317 bits per heavy atom. The van der Waals surface area contributed by atoms with Gasteiger partial charge in [0.1, 0.15) is 36.3 Å². The van der Waals surface area contributed by atoms with Crippen LogP contribution in [0.2, 0.25) is 0 Å². The van der Waals surface area contributed by atoms with Gasteiger partial charge in [-0.3, -0.25) is 28.8 Å². The SMILES string of the molecule is CC(Nc1ccccc1)C(=O)N[C@@H](CCCCN)C(=O)Nc1ccc(C(c2ccc(NC(=O)[C@H](CCCCN)NC(=O)C(C)Nc3ccccc3)cc2)c2ccc(NC(=O)[C@H](CCCCN)NC(=O)C(C)Nc3ccccc3)cc2)cc1. The smallest absolute Gasteiger partial charge is 0.246 e. The van der Waals surface area contributed by atoms with Crippen molar-refractivity contribution in [2.24, 2.45) is 17.2 Å². The average Bonchev–Trinajstić information content (AvgIpc) is 3.67. The van der Waals surface area contributed by atoms with Gasteiger partial charge in [0.15, 0.2) is 0 Å². The van der Waals surface area contributed by atoms with Crippen molar-refractivity contribution in [3.8, 4) is 0 Å². The van der Waals surface area contributed by atoms with E-state index in [9.17, 15) is 28.8 Å². The number of carbonyl (C=O) groups is 6. The molecule has 15 N–H and O–H groups in total. The zero-order chi connectivity index (χ0) is 58.6. The Morgan fingerprint density at radius 3 is 0.793 bits per heavy atom. The van der Waals surface area contributed by atoms with Gasteiger partial charge in [-0.25, -0.2) is 0 Å². The van der Waals surface area contributed by atoms with Crippen LogP contribution in [0.3, 0.4) is 0 Å². The van der Waals surface area contributed by atoms with Crippen LogP contribution in [0.1, 0.15) is 101 Å². The second-order valence-electron chi connectivity index (χ2n) is 20.5. The van der Waals surface area contributed by atoms with E-state index >= 15 is 0 Å². The fraction of sp³-hybridized carbons (Fsp3) is 0.344. The molecule has 0 saturated carbocycles. The van der Waals surface area contributed by atoms with Gasteiger partial charge in [0, 0.05) is 40.0 Å². The van der Waals surface area contributed by atoms with Crippen molar-refractivity contribution in [1.82, 2.24) is 16.0 Å². The molecule has 0 aliphatic carbocycles. The zero-order valence-corrected chi connectivity index (χ0v) is 47.3. The number of para-hydroxylation sites is 3. The van der Waals surface area contributed by atoms with Crippen LogP contribution in [0.5, 0.6) is 0 Å². The monoisotopic (exact) mass is 1110 g/mol. The van der Waals surface area contributed by atoms with Crippen LogP contribution in [0.4, 0.5) is 34.1 Å². The first-order valence-electron chi connectivity index (χ1n) is 28.4. The number of unbranched alkanes of at least 4 members (excludes halogenated alkanes) is 3. The Bertz CT molecular complexity index is 2600. The Kier molecular flexibility index (Phi) is 25.4. The van der Waals surface area contributed by atoms with E-state index in [-0.39, 0.29) is 41.4 Å². The number of rotatable bonds is 33. The van der Waals surface area contributed by atoms with E-state index in [0.29, 0.717) is 94.5 Å². The van der Waals surface area contributed by atoms with Crippen molar-refractivity contribution in [2.45, 2.75) is 121 Å². The highest BCUT2D eigenvalue weighted by Gasteiger charge is 2.27. The third-order valence-electron chi connectivity index (χ3n) is 13.9. The molecule has 3 unspecified atom stereocenters. The van der Waals surface area contributed by atoms with Gasteiger partial charge < -0.3 is 65.1 Å². The number of benzene rings is 6. The van der Waals surface area contributed by atoms with Crippen molar-refractivity contribution in [2.75, 3.05) is 51.5 Å². The third kappa shape index (κ3) is 20.2. The highest BCUT2D eigenvalue weighted by atomic mass is 16.2. The molecule has 0 radical (unpaired) electrons. The molecule has 82 heavy (non-hydrogen) atoms. The molecule has 0 aliphatic rings. The molecule has 18 nitrogen and oxygen atoms in total. The van der Waals surface area contributed by atoms with E-state index in [2.05, 4.69) is 47.9 Å². The number of hydrogen-bond donors (Lipinski definition) is 12. The van der Waals surface area contributed by atoms with Gasteiger partial charge in [-0.15, -0.1) is 0 Å². The average molecular weight is 1120 g/mol. The Balaban J connectivity index is 1.22. The molecule has 18 heteroatoms. The first-order chi connectivity index (χ1) is 39.7. The molecule has 0 fully saturated rings. The van der Waals surface area contributed by atoms with Crippen LogP contribution < -0.4 is 65.1 Å². The van der Waals surface area contributed by atoms with Gasteiger partial charge >= 0.3 is 0 Å². The van der Waals surface area contributed by atoms with Crippen LogP contribution in [0.15, 0.2) is 164 Å². The summed E-state index contributed by atoms with van der Waals surface area (Å²) in [4.78, 5) is 82.0. The first-order valence-corrected chi connectivity index (χ1v) is 28.4. The highest BCUT2D eigenvalue weighted by Crippen LogP contribution is 2.34. The lowest BCUT2D eigenvalue weighted by Crippen LogP contribution is -2.48. The molecule has 0 bridgehead atoms. The van der Waals surface area contributed by atoms with Crippen LogP contribution in [-0.4, -0.2) is 91.3 Å². The summed E-state index contributed by atoms with van der Waals surface area (Å²) in [7, 11) is 0. The third-order valence-corrected chi connectivity index (χ3v) is 13.9. The maximum atomic E-state index is 13.9. The van der Waals surface area contributed by atoms with Gasteiger partial charge in [0.2, 0.25) is 35.4 Å². The number of amides is 6. The Morgan fingerprint density at radius 2 is 0.561 bits per heavy atom. The minimum absolute atomic E-state index is 0.322. The van der Waals surface area contributed by atoms with Gasteiger partial charge in [0.25, 0.3) is 0 Å². The molecule has 6 aromatic rings. The largest absolute Gasteiger partial charge is 0.374 e. The second kappa shape index (κ2) is 33.2. The molecule has 6 rings (SSSR count). The number of nitrogens with one attached hydrogen (secondary N) is 9. The summed E-state index contributed by atoms with van der Waals surface area (Å²) in [5.41, 5.74) is 23.9. The van der Waals surface area contributed by atoms with E-state index in [4.69, 9.17) is 17.2 Å². The summed E-state index contributed by atoms with van der Waals surface area (Å²) >= 11 is 0. The molecule has 0 spiro atoms. The van der Waals surface area contributed by atoms with Crippen molar-refractivity contribution >= 4 is 69.6 Å². The quantitative estimate of drug-likeness (QED) is 0.0138. The second-order valence-corrected chi connectivity index (χ2v) is 20.5. The maximum absolute atomic E-state index is 13.9. The van der Waals surface area contributed by atoms with Crippen molar-refractivity contribution in [1.29, 1.82) is 0 Å². The Hall–Kier alpha value is -8.58. The van der Waals surface area contributed by atoms with Crippen molar-refractivity contribution in [3.05, 3.63) is 180 Å². The van der Waals surface area contributed by atoms with Crippen LogP contribution in [0.25, 0.3) is 0 Å². The van der Waals surface area contributed by atoms with Crippen LogP contribution in [0, 0.1) is 0 Å². The molecular formula is C64H82N12O6. The van der Waals surface area contributed by atoms with Gasteiger partial charge in [-0.1, -0.05) is 91.0 Å². The molecule has 6 atom stereocenters. The lowest BCUT2D eigenvalue weighted by molar-refractivity contribution is -0.127. The fourth-order valence-electron chi connectivity index (χ4n) is 9.27. The van der Waals surface area contributed by atoms with Crippen LogP contribution in [-0.2, 0) is 28.8 Å². The summed E-state index contributed by atoms with van der Waals surface area (Å²) in [5, 5.41) is 27.4. The molecular weight excluding hydrogens is 1030 g/mol. The zero-order valence-electron chi connectivity index (χ0n) is 47.3. The molecule has 434 valence electrons. The van der Waals surface area contributed by atoms with Gasteiger partial charge in [-0.05, 0) is 188 Å².